The molecule has 0 N–H and O–H groups in total. The van der Waals surface area contributed by atoms with Crippen LogP contribution in [0.1, 0.15) is 97.8 Å². The molecule has 3 saturated carbocycles. The molecule has 1 saturated heterocycles. The third-order valence-electron chi connectivity index (χ3n) is 10.9. The number of allylic oxidation sites excluding steroid dienone is 1. The van der Waals surface area contributed by atoms with Crippen LogP contribution in [0.5, 0.6) is 0 Å². The zero-order chi connectivity index (χ0) is 20.8. The van der Waals surface area contributed by atoms with Crippen molar-refractivity contribution >= 4 is 0 Å². The van der Waals surface area contributed by atoms with Crippen molar-refractivity contribution in [3.63, 3.8) is 0 Å². The summed E-state index contributed by atoms with van der Waals surface area (Å²) in [4.78, 5) is 2.62. The van der Waals surface area contributed by atoms with Gasteiger partial charge in [-0.1, -0.05) is 38.8 Å². The summed E-state index contributed by atoms with van der Waals surface area (Å²) in [5, 5.41) is 0. The van der Waals surface area contributed by atoms with Gasteiger partial charge in [-0.25, -0.2) is 0 Å². The zero-order valence-electron chi connectivity index (χ0n) is 20.1. The number of nitrogens with zero attached hydrogens (tertiary/aromatic N) is 1. The first-order valence-electron chi connectivity index (χ1n) is 13.6. The second-order valence-corrected chi connectivity index (χ2v) is 12.1. The summed E-state index contributed by atoms with van der Waals surface area (Å²) >= 11 is 0. The first-order valence-corrected chi connectivity index (χ1v) is 13.6. The Hall–Kier alpha value is -0.340. The Kier molecular flexibility index (Phi) is 6.12. The van der Waals surface area contributed by atoms with E-state index in [1.807, 2.05) is 0 Å². The molecule has 4 fully saturated rings. The SMILES string of the molecule is CCC1CCC2C3CC=C4CC(OCCCN5CCCC5)CCC4(C)C3CCC12C. The molecule has 2 nitrogen and oxygen atoms in total. The minimum absolute atomic E-state index is 0.476. The van der Waals surface area contributed by atoms with Crippen molar-refractivity contribution in [3.05, 3.63) is 11.6 Å². The average molecular weight is 414 g/mol. The topological polar surface area (TPSA) is 12.5 Å². The Morgan fingerprint density at radius 1 is 1.03 bits per heavy atom. The Balaban J connectivity index is 1.19. The third kappa shape index (κ3) is 3.62. The summed E-state index contributed by atoms with van der Waals surface area (Å²) in [5.74, 6) is 3.90. The maximum Gasteiger partial charge on any atom is 0.0612 e. The molecule has 0 bridgehead atoms. The molecule has 7 atom stereocenters. The van der Waals surface area contributed by atoms with Crippen LogP contribution in [0, 0.1) is 34.5 Å². The van der Waals surface area contributed by atoms with E-state index in [1.165, 1.54) is 96.7 Å². The molecular formula is C28H47NO. The molecule has 0 aromatic heterocycles. The number of rotatable bonds is 6. The smallest absolute Gasteiger partial charge is 0.0612 e. The number of fused-ring (bicyclic) bond motifs is 5. The summed E-state index contributed by atoms with van der Waals surface area (Å²) in [5.41, 5.74) is 2.91. The van der Waals surface area contributed by atoms with Crippen molar-refractivity contribution < 1.29 is 4.74 Å². The van der Waals surface area contributed by atoms with Gasteiger partial charge in [0.2, 0.25) is 0 Å². The minimum atomic E-state index is 0.476. The van der Waals surface area contributed by atoms with Crippen LogP contribution in [0.2, 0.25) is 0 Å². The molecule has 4 aliphatic carbocycles. The van der Waals surface area contributed by atoms with E-state index in [1.54, 1.807) is 5.57 Å². The molecule has 1 aliphatic heterocycles. The molecule has 2 heteroatoms. The standard InChI is InChI=1S/C28H47NO/c1-4-21-9-11-25-24-10-8-22-20-23(30-19-7-18-29-16-5-6-17-29)12-14-28(22,3)26(24)13-15-27(21,25)2/h8,21,23-26H,4-7,9-20H2,1-3H3. The van der Waals surface area contributed by atoms with Crippen molar-refractivity contribution in [1.82, 2.24) is 4.90 Å². The fraction of sp³-hybridized carbons (Fsp3) is 0.929. The molecule has 5 rings (SSSR count). The highest BCUT2D eigenvalue weighted by atomic mass is 16.5. The lowest BCUT2D eigenvalue weighted by Gasteiger charge is -2.58. The average Bonchev–Trinajstić information content (AvgIpc) is 3.38. The van der Waals surface area contributed by atoms with E-state index < -0.39 is 0 Å². The molecule has 0 aromatic rings. The van der Waals surface area contributed by atoms with Gasteiger partial charge in [-0.05, 0) is 118 Å². The van der Waals surface area contributed by atoms with Gasteiger partial charge in [0.25, 0.3) is 0 Å². The van der Waals surface area contributed by atoms with Crippen LogP contribution in [0.4, 0.5) is 0 Å². The van der Waals surface area contributed by atoms with Gasteiger partial charge >= 0.3 is 0 Å². The second-order valence-electron chi connectivity index (χ2n) is 12.1. The Morgan fingerprint density at radius 3 is 2.67 bits per heavy atom. The van der Waals surface area contributed by atoms with Gasteiger partial charge in [-0.2, -0.15) is 0 Å². The van der Waals surface area contributed by atoms with Gasteiger partial charge in [0.05, 0.1) is 6.10 Å². The summed E-state index contributed by atoms with van der Waals surface area (Å²) in [7, 11) is 0. The molecule has 5 aliphatic rings. The van der Waals surface area contributed by atoms with Crippen LogP contribution in [0.15, 0.2) is 11.6 Å². The van der Waals surface area contributed by atoms with Crippen molar-refractivity contribution in [2.45, 2.75) is 104 Å². The van der Waals surface area contributed by atoms with E-state index in [0.29, 0.717) is 16.9 Å². The van der Waals surface area contributed by atoms with Crippen molar-refractivity contribution in [2.24, 2.45) is 34.5 Å². The van der Waals surface area contributed by atoms with E-state index in [4.69, 9.17) is 4.74 Å². The van der Waals surface area contributed by atoms with Crippen LogP contribution >= 0.6 is 0 Å². The normalized spacial score (nSPS) is 46.2. The van der Waals surface area contributed by atoms with E-state index in [9.17, 15) is 0 Å². The molecule has 0 amide bonds. The third-order valence-corrected chi connectivity index (χ3v) is 10.9. The second kappa shape index (κ2) is 8.54. The van der Waals surface area contributed by atoms with Crippen LogP contribution < -0.4 is 0 Å². The van der Waals surface area contributed by atoms with Crippen LogP contribution in [-0.2, 0) is 4.74 Å². The minimum Gasteiger partial charge on any atom is -0.378 e. The molecular weight excluding hydrogens is 366 g/mol. The Labute approximate surface area is 186 Å². The number of likely N-dealkylation sites (tertiary alicyclic amines) is 1. The van der Waals surface area contributed by atoms with Gasteiger partial charge in [0.1, 0.15) is 0 Å². The highest BCUT2D eigenvalue weighted by Crippen LogP contribution is 2.66. The highest BCUT2D eigenvalue weighted by molar-refractivity contribution is 5.25. The lowest BCUT2D eigenvalue weighted by molar-refractivity contribution is -0.0585. The Morgan fingerprint density at radius 2 is 1.87 bits per heavy atom. The number of ether oxygens (including phenoxy) is 1. The van der Waals surface area contributed by atoms with Gasteiger partial charge in [-0.15, -0.1) is 0 Å². The molecule has 1 heterocycles. The van der Waals surface area contributed by atoms with E-state index in [0.717, 1.165) is 30.3 Å². The summed E-state index contributed by atoms with van der Waals surface area (Å²) in [6.45, 7) is 12.6. The first kappa shape index (κ1) is 21.5. The predicted octanol–water partition coefficient (Wildman–Crippen LogP) is 6.85. The predicted molar refractivity (Wildman–Crippen MR) is 126 cm³/mol. The molecule has 0 radical (unpaired) electrons. The number of hydrogen-bond acceptors (Lipinski definition) is 2. The lowest BCUT2D eigenvalue weighted by Crippen LogP contribution is -2.50. The summed E-state index contributed by atoms with van der Waals surface area (Å²) in [6.07, 6.45) is 19.9. The Bertz CT molecular complexity index is 637. The van der Waals surface area contributed by atoms with E-state index >= 15 is 0 Å². The van der Waals surface area contributed by atoms with Gasteiger partial charge in [0, 0.05) is 13.2 Å². The largest absolute Gasteiger partial charge is 0.378 e. The maximum atomic E-state index is 6.42. The van der Waals surface area contributed by atoms with Gasteiger partial charge in [0.15, 0.2) is 0 Å². The highest BCUT2D eigenvalue weighted by Gasteiger charge is 2.58. The molecule has 7 unspecified atom stereocenters. The van der Waals surface area contributed by atoms with Gasteiger partial charge in [-0.3, -0.25) is 0 Å². The monoisotopic (exact) mass is 413 g/mol. The summed E-state index contributed by atoms with van der Waals surface area (Å²) < 4.78 is 6.42. The molecule has 0 spiro atoms. The van der Waals surface area contributed by atoms with Crippen LogP contribution in [0.25, 0.3) is 0 Å². The number of hydrogen-bond donors (Lipinski definition) is 0. The lowest BCUT2D eigenvalue weighted by atomic mass is 9.47. The van der Waals surface area contributed by atoms with E-state index in [-0.39, 0.29) is 0 Å². The van der Waals surface area contributed by atoms with Crippen molar-refractivity contribution in [1.29, 1.82) is 0 Å². The van der Waals surface area contributed by atoms with Gasteiger partial charge < -0.3 is 9.64 Å². The zero-order valence-corrected chi connectivity index (χ0v) is 20.1. The van der Waals surface area contributed by atoms with Crippen molar-refractivity contribution in [3.8, 4) is 0 Å². The first-order chi connectivity index (χ1) is 14.5. The van der Waals surface area contributed by atoms with Crippen LogP contribution in [0.3, 0.4) is 0 Å². The van der Waals surface area contributed by atoms with E-state index in [2.05, 4.69) is 31.7 Å². The van der Waals surface area contributed by atoms with Crippen LogP contribution in [-0.4, -0.2) is 37.2 Å². The fourth-order valence-electron chi connectivity index (χ4n) is 9.09. The fourth-order valence-corrected chi connectivity index (χ4v) is 9.09. The molecule has 170 valence electrons. The summed E-state index contributed by atoms with van der Waals surface area (Å²) in [6, 6.07) is 0. The quantitative estimate of drug-likeness (QED) is 0.349. The maximum absolute atomic E-state index is 6.42. The molecule has 0 aromatic carbocycles. The molecule has 30 heavy (non-hydrogen) atoms. The van der Waals surface area contributed by atoms with Crippen molar-refractivity contribution in [2.75, 3.05) is 26.2 Å².